The molecule has 0 aliphatic rings. The third-order valence-electron chi connectivity index (χ3n) is 1.87. The third kappa shape index (κ3) is 3.03. The summed E-state index contributed by atoms with van der Waals surface area (Å²) in [5, 5.41) is 11.7. The van der Waals surface area contributed by atoms with Crippen LogP contribution in [0.3, 0.4) is 0 Å². The Balaban J connectivity index is 2.68. The molecule has 0 fully saturated rings. The molecule has 0 aromatic carbocycles. The number of nitrogens with one attached hydrogen (secondary N) is 1. The molecular weight excluding hydrogens is 164 g/mol. The number of nitrogens with zero attached hydrogens (tertiary/aromatic N) is 1. The molecule has 3 nitrogen and oxygen atoms in total. The van der Waals surface area contributed by atoms with E-state index >= 15 is 0 Å². The van der Waals surface area contributed by atoms with E-state index in [0.29, 0.717) is 12.5 Å². The summed E-state index contributed by atoms with van der Waals surface area (Å²) in [7, 11) is 0. The summed E-state index contributed by atoms with van der Waals surface area (Å²) in [6.07, 6.45) is 3.64. The van der Waals surface area contributed by atoms with Crippen LogP contribution in [0, 0.1) is 0 Å². The molecule has 72 valence electrons. The first kappa shape index (κ1) is 9.99. The van der Waals surface area contributed by atoms with Gasteiger partial charge < -0.3 is 10.4 Å². The molecule has 0 aliphatic carbocycles. The fourth-order valence-corrected chi connectivity index (χ4v) is 1.07. The number of aromatic nitrogens is 1. The Labute approximate surface area is 78.8 Å². The van der Waals surface area contributed by atoms with Crippen molar-refractivity contribution in [2.24, 2.45) is 0 Å². The van der Waals surface area contributed by atoms with Crippen molar-refractivity contribution in [1.29, 1.82) is 0 Å². The van der Waals surface area contributed by atoms with Crippen LogP contribution in [-0.4, -0.2) is 23.2 Å². The van der Waals surface area contributed by atoms with E-state index in [0.717, 1.165) is 5.69 Å². The summed E-state index contributed by atoms with van der Waals surface area (Å²) >= 11 is 0. The maximum atomic E-state index is 8.62. The quantitative estimate of drug-likeness (QED) is 0.740. The van der Waals surface area contributed by atoms with Crippen LogP contribution >= 0.6 is 0 Å². The normalized spacial score (nSPS) is 10.5. The molecule has 0 aliphatic heterocycles. The van der Waals surface area contributed by atoms with E-state index in [1.54, 1.807) is 6.20 Å². The van der Waals surface area contributed by atoms with Crippen LogP contribution in [0.4, 0.5) is 5.69 Å². The molecule has 1 aromatic heterocycles. The van der Waals surface area contributed by atoms with Gasteiger partial charge in [0, 0.05) is 18.9 Å². The Morgan fingerprint density at radius 1 is 1.46 bits per heavy atom. The number of aliphatic hydroxyl groups excluding tert-OH is 1. The Bertz CT molecular complexity index is 261. The highest BCUT2D eigenvalue weighted by Gasteiger charge is 1.99. The first-order chi connectivity index (χ1) is 6.24. The van der Waals surface area contributed by atoms with Crippen molar-refractivity contribution in [3.63, 3.8) is 0 Å². The van der Waals surface area contributed by atoms with Crippen molar-refractivity contribution in [2.45, 2.75) is 19.8 Å². The predicted molar refractivity (Wildman–Crippen MR) is 53.9 cm³/mol. The lowest BCUT2D eigenvalue weighted by atomic mass is 10.1. The number of rotatable bonds is 4. The molecule has 0 saturated heterocycles. The first-order valence-electron chi connectivity index (χ1n) is 4.53. The van der Waals surface area contributed by atoms with E-state index in [-0.39, 0.29) is 6.61 Å². The predicted octanol–water partition coefficient (Wildman–Crippen LogP) is 1.61. The van der Waals surface area contributed by atoms with E-state index < -0.39 is 0 Å². The van der Waals surface area contributed by atoms with E-state index in [2.05, 4.69) is 30.2 Å². The minimum absolute atomic E-state index is 0.145. The van der Waals surface area contributed by atoms with Gasteiger partial charge in [-0.05, 0) is 17.5 Å². The van der Waals surface area contributed by atoms with E-state index in [4.69, 9.17) is 5.11 Å². The summed E-state index contributed by atoms with van der Waals surface area (Å²) in [6.45, 7) is 4.98. The summed E-state index contributed by atoms with van der Waals surface area (Å²) in [6, 6.07) is 2.06. The van der Waals surface area contributed by atoms with Gasteiger partial charge in [-0.15, -0.1) is 0 Å². The number of aliphatic hydroxyl groups is 1. The summed E-state index contributed by atoms with van der Waals surface area (Å²) in [5.41, 5.74) is 2.18. The minimum atomic E-state index is 0.145. The van der Waals surface area contributed by atoms with Gasteiger partial charge in [0.25, 0.3) is 0 Å². The van der Waals surface area contributed by atoms with Gasteiger partial charge in [-0.2, -0.15) is 0 Å². The van der Waals surface area contributed by atoms with Crippen molar-refractivity contribution >= 4 is 5.69 Å². The van der Waals surface area contributed by atoms with Gasteiger partial charge in [-0.1, -0.05) is 13.8 Å². The number of hydrogen-bond acceptors (Lipinski definition) is 3. The Kier molecular flexibility index (Phi) is 3.71. The molecule has 0 unspecified atom stereocenters. The second-order valence-corrected chi connectivity index (χ2v) is 3.31. The summed E-state index contributed by atoms with van der Waals surface area (Å²) in [5.74, 6) is 0.489. The maximum Gasteiger partial charge on any atom is 0.0604 e. The second-order valence-electron chi connectivity index (χ2n) is 3.31. The van der Waals surface area contributed by atoms with Gasteiger partial charge in [0.2, 0.25) is 0 Å². The van der Waals surface area contributed by atoms with Gasteiger partial charge >= 0.3 is 0 Å². The van der Waals surface area contributed by atoms with Gasteiger partial charge in [-0.25, -0.2) is 0 Å². The standard InChI is InChI=1S/C10H16N2O/c1-8(2)9-5-10(7-11-6-9)12-3-4-13/h5-8,12-13H,3-4H2,1-2H3. The third-order valence-corrected chi connectivity index (χ3v) is 1.87. The van der Waals surface area contributed by atoms with E-state index in [1.807, 2.05) is 6.20 Å². The smallest absolute Gasteiger partial charge is 0.0604 e. The SMILES string of the molecule is CC(C)c1cncc(NCCO)c1. The molecule has 0 spiro atoms. The number of hydrogen-bond donors (Lipinski definition) is 2. The molecule has 0 radical (unpaired) electrons. The Morgan fingerprint density at radius 3 is 2.85 bits per heavy atom. The van der Waals surface area contributed by atoms with Crippen molar-refractivity contribution in [2.75, 3.05) is 18.5 Å². The molecule has 0 saturated carbocycles. The zero-order valence-corrected chi connectivity index (χ0v) is 8.12. The lowest BCUT2D eigenvalue weighted by Gasteiger charge is -2.08. The molecule has 2 N–H and O–H groups in total. The number of pyridine rings is 1. The zero-order valence-electron chi connectivity index (χ0n) is 8.12. The molecule has 1 heterocycles. The van der Waals surface area contributed by atoms with E-state index in [1.165, 1.54) is 5.56 Å². The zero-order chi connectivity index (χ0) is 9.68. The van der Waals surface area contributed by atoms with Crippen molar-refractivity contribution in [1.82, 2.24) is 4.98 Å². The van der Waals surface area contributed by atoms with Crippen LogP contribution in [0.15, 0.2) is 18.5 Å². The molecule has 3 heteroatoms. The largest absolute Gasteiger partial charge is 0.395 e. The highest BCUT2D eigenvalue weighted by atomic mass is 16.3. The van der Waals surface area contributed by atoms with Gasteiger partial charge in [0.05, 0.1) is 12.3 Å². The topological polar surface area (TPSA) is 45.2 Å². The van der Waals surface area contributed by atoms with Crippen LogP contribution in [0.25, 0.3) is 0 Å². The van der Waals surface area contributed by atoms with Gasteiger partial charge in [0.1, 0.15) is 0 Å². The van der Waals surface area contributed by atoms with Gasteiger partial charge in [-0.3, -0.25) is 4.98 Å². The molecule has 0 atom stereocenters. The van der Waals surface area contributed by atoms with Gasteiger partial charge in [0.15, 0.2) is 0 Å². The monoisotopic (exact) mass is 180 g/mol. The van der Waals surface area contributed by atoms with Crippen molar-refractivity contribution in [3.8, 4) is 0 Å². The highest BCUT2D eigenvalue weighted by molar-refractivity contribution is 5.43. The Morgan fingerprint density at radius 2 is 2.23 bits per heavy atom. The highest BCUT2D eigenvalue weighted by Crippen LogP contribution is 2.16. The molecular formula is C10H16N2O. The Hall–Kier alpha value is -1.09. The van der Waals surface area contributed by atoms with Crippen LogP contribution in [0.5, 0.6) is 0 Å². The maximum absolute atomic E-state index is 8.62. The summed E-state index contributed by atoms with van der Waals surface area (Å²) < 4.78 is 0. The fraction of sp³-hybridized carbons (Fsp3) is 0.500. The van der Waals surface area contributed by atoms with Crippen molar-refractivity contribution in [3.05, 3.63) is 24.0 Å². The molecule has 1 rings (SSSR count). The van der Waals surface area contributed by atoms with Crippen LogP contribution in [0.2, 0.25) is 0 Å². The number of anilines is 1. The molecule has 0 bridgehead atoms. The van der Waals surface area contributed by atoms with E-state index in [9.17, 15) is 0 Å². The van der Waals surface area contributed by atoms with Crippen molar-refractivity contribution < 1.29 is 5.11 Å². The average Bonchev–Trinajstić information content (AvgIpc) is 2.15. The van der Waals surface area contributed by atoms with Crippen LogP contribution in [-0.2, 0) is 0 Å². The lowest BCUT2D eigenvalue weighted by Crippen LogP contribution is -2.06. The second kappa shape index (κ2) is 4.82. The fourth-order valence-electron chi connectivity index (χ4n) is 1.07. The molecule has 0 amide bonds. The minimum Gasteiger partial charge on any atom is -0.395 e. The first-order valence-corrected chi connectivity index (χ1v) is 4.53. The van der Waals surface area contributed by atoms with Crippen LogP contribution < -0.4 is 5.32 Å². The van der Waals surface area contributed by atoms with Crippen LogP contribution in [0.1, 0.15) is 25.3 Å². The lowest BCUT2D eigenvalue weighted by molar-refractivity contribution is 0.311. The molecule has 1 aromatic rings. The summed E-state index contributed by atoms with van der Waals surface area (Å²) in [4.78, 5) is 4.11. The average molecular weight is 180 g/mol. The molecule has 13 heavy (non-hydrogen) atoms.